The SMILES string of the molecule is CC(=O)N1CCCN(C(=O)CCCOc2ccc(Cl)c(C)c2)CC1. The number of hydrogen-bond donors (Lipinski definition) is 0. The van der Waals surface area contributed by atoms with E-state index >= 15 is 0 Å². The fraction of sp³-hybridized carbons (Fsp3) is 0.556. The Bertz CT molecular complexity index is 592. The van der Waals surface area contributed by atoms with Gasteiger partial charge < -0.3 is 14.5 Å². The number of ether oxygens (including phenoxy) is 1. The first-order valence-corrected chi connectivity index (χ1v) is 8.77. The van der Waals surface area contributed by atoms with Gasteiger partial charge in [-0.1, -0.05) is 11.6 Å². The molecule has 0 aliphatic carbocycles. The molecule has 1 heterocycles. The van der Waals surface area contributed by atoms with E-state index in [1.165, 1.54) is 0 Å². The van der Waals surface area contributed by atoms with Gasteiger partial charge in [0.15, 0.2) is 0 Å². The third-order valence-corrected chi connectivity index (χ3v) is 4.65. The summed E-state index contributed by atoms with van der Waals surface area (Å²) < 4.78 is 5.67. The van der Waals surface area contributed by atoms with Crippen molar-refractivity contribution >= 4 is 23.4 Å². The lowest BCUT2D eigenvalue weighted by atomic mass is 10.2. The van der Waals surface area contributed by atoms with Crippen LogP contribution in [0.15, 0.2) is 18.2 Å². The van der Waals surface area contributed by atoms with Gasteiger partial charge in [0.25, 0.3) is 0 Å². The Labute approximate surface area is 148 Å². The first-order chi connectivity index (χ1) is 11.5. The number of aryl methyl sites for hydroxylation is 1. The van der Waals surface area contributed by atoms with E-state index < -0.39 is 0 Å². The zero-order valence-corrected chi connectivity index (χ0v) is 15.1. The van der Waals surface area contributed by atoms with Crippen LogP contribution >= 0.6 is 11.6 Å². The zero-order valence-electron chi connectivity index (χ0n) is 14.4. The summed E-state index contributed by atoms with van der Waals surface area (Å²) in [6.07, 6.45) is 1.98. The van der Waals surface area contributed by atoms with Gasteiger partial charge in [-0.25, -0.2) is 0 Å². The molecule has 0 saturated carbocycles. The molecule has 2 rings (SSSR count). The van der Waals surface area contributed by atoms with E-state index in [-0.39, 0.29) is 11.8 Å². The number of carbonyl (C=O) groups excluding carboxylic acids is 2. The number of hydrogen-bond acceptors (Lipinski definition) is 3. The largest absolute Gasteiger partial charge is 0.494 e. The number of benzene rings is 1. The molecule has 0 bridgehead atoms. The van der Waals surface area contributed by atoms with Gasteiger partial charge >= 0.3 is 0 Å². The second-order valence-electron chi connectivity index (χ2n) is 6.10. The zero-order chi connectivity index (χ0) is 17.5. The lowest BCUT2D eigenvalue weighted by Crippen LogP contribution is -2.36. The van der Waals surface area contributed by atoms with Crippen LogP contribution in [0.5, 0.6) is 5.75 Å². The second-order valence-corrected chi connectivity index (χ2v) is 6.51. The lowest BCUT2D eigenvalue weighted by Gasteiger charge is -2.21. The predicted molar refractivity (Wildman–Crippen MR) is 94.4 cm³/mol. The molecule has 1 aromatic rings. The maximum atomic E-state index is 12.3. The van der Waals surface area contributed by atoms with Crippen molar-refractivity contribution in [3.63, 3.8) is 0 Å². The van der Waals surface area contributed by atoms with Crippen molar-refractivity contribution in [2.45, 2.75) is 33.1 Å². The third kappa shape index (κ3) is 5.41. The van der Waals surface area contributed by atoms with Crippen LogP contribution in [0.1, 0.15) is 31.7 Å². The third-order valence-electron chi connectivity index (χ3n) is 4.23. The minimum atomic E-state index is 0.0796. The molecule has 1 fully saturated rings. The average Bonchev–Trinajstić information content (AvgIpc) is 2.81. The summed E-state index contributed by atoms with van der Waals surface area (Å²) in [6, 6.07) is 5.55. The quantitative estimate of drug-likeness (QED) is 0.766. The number of amides is 2. The summed E-state index contributed by atoms with van der Waals surface area (Å²) in [7, 11) is 0. The first-order valence-electron chi connectivity index (χ1n) is 8.39. The molecule has 1 aliphatic rings. The highest BCUT2D eigenvalue weighted by Crippen LogP contribution is 2.21. The van der Waals surface area contributed by atoms with Gasteiger partial charge in [-0.05, 0) is 43.5 Å². The Morgan fingerprint density at radius 3 is 2.58 bits per heavy atom. The van der Waals surface area contributed by atoms with E-state index in [0.717, 1.165) is 35.8 Å². The summed E-state index contributed by atoms with van der Waals surface area (Å²) in [5.41, 5.74) is 0.977. The minimum Gasteiger partial charge on any atom is -0.494 e. The topological polar surface area (TPSA) is 49.9 Å². The van der Waals surface area contributed by atoms with Crippen LogP contribution < -0.4 is 4.74 Å². The van der Waals surface area contributed by atoms with Crippen LogP contribution in [0.3, 0.4) is 0 Å². The van der Waals surface area contributed by atoms with Crippen LogP contribution in [0.25, 0.3) is 0 Å². The summed E-state index contributed by atoms with van der Waals surface area (Å²) in [5, 5.41) is 0.721. The molecule has 0 unspecified atom stereocenters. The second kappa shape index (κ2) is 8.92. The Kier molecular flexibility index (Phi) is 6.91. The van der Waals surface area contributed by atoms with E-state index in [1.54, 1.807) is 11.8 Å². The van der Waals surface area contributed by atoms with Crippen molar-refractivity contribution in [1.29, 1.82) is 0 Å². The normalized spacial score (nSPS) is 15.1. The first kappa shape index (κ1) is 18.6. The maximum Gasteiger partial charge on any atom is 0.222 e. The molecule has 0 N–H and O–H groups in total. The summed E-state index contributed by atoms with van der Waals surface area (Å²) in [5.74, 6) is 0.989. The highest BCUT2D eigenvalue weighted by atomic mass is 35.5. The molecule has 0 atom stereocenters. The molecule has 2 amide bonds. The number of nitrogens with zero attached hydrogens (tertiary/aromatic N) is 2. The molecule has 132 valence electrons. The molecule has 5 nitrogen and oxygen atoms in total. The van der Waals surface area contributed by atoms with Gasteiger partial charge in [-0.15, -0.1) is 0 Å². The van der Waals surface area contributed by atoms with Gasteiger partial charge in [0.2, 0.25) is 11.8 Å². The van der Waals surface area contributed by atoms with Crippen LogP contribution in [0.4, 0.5) is 0 Å². The highest BCUT2D eigenvalue weighted by Gasteiger charge is 2.19. The Balaban J connectivity index is 1.71. The molecule has 1 saturated heterocycles. The van der Waals surface area contributed by atoms with E-state index in [1.807, 2.05) is 30.0 Å². The van der Waals surface area contributed by atoms with E-state index in [4.69, 9.17) is 16.3 Å². The van der Waals surface area contributed by atoms with Crippen molar-refractivity contribution < 1.29 is 14.3 Å². The van der Waals surface area contributed by atoms with E-state index in [0.29, 0.717) is 32.5 Å². The van der Waals surface area contributed by atoms with Gasteiger partial charge in [-0.2, -0.15) is 0 Å². The highest BCUT2D eigenvalue weighted by molar-refractivity contribution is 6.31. The van der Waals surface area contributed by atoms with Crippen molar-refractivity contribution in [3.05, 3.63) is 28.8 Å². The fourth-order valence-corrected chi connectivity index (χ4v) is 2.88. The van der Waals surface area contributed by atoms with Crippen LogP contribution in [0, 0.1) is 6.92 Å². The van der Waals surface area contributed by atoms with Crippen LogP contribution in [-0.2, 0) is 9.59 Å². The number of halogens is 1. The molecule has 24 heavy (non-hydrogen) atoms. The van der Waals surface area contributed by atoms with Crippen LogP contribution in [0.2, 0.25) is 5.02 Å². The van der Waals surface area contributed by atoms with Crippen molar-refractivity contribution in [1.82, 2.24) is 9.80 Å². The molecule has 1 aliphatic heterocycles. The van der Waals surface area contributed by atoms with Crippen molar-refractivity contribution in [2.24, 2.45) is 0 Å². The predicted octanol–water partition coefficient (Wildman–Crippen LogP) is 2.89. The van der Waals surface area contributed by atoms with E-state index in [2.05, 4.69) is 0 Å². The van der Waals surface area contributed by atoms with Crippen LogP contribution in [-0.4, -0.2) is 54.4 Å². The Morgan fingerprint density at radius 1 is 1.17 bits per heavy atom. The monoisotopic (exact) mass is 352 g/mol. The number of carbonyl (C=O) groups is 2. The van der Waals surface area contributed by atoms with E-state index in [9.17, 15) is 9.59 Å². The molecule has 0 aromatic heterocycles. The maximum absolute atomic E-state index is 12.3. The van der Waals surface area contributed by atoms with Gasteiger partial charge in [0, 0.05) is 44.5 Å². The van der Waals surface area contributed by atoms with Crippen molar-refractivity contribution in [3.8, 4) is 5.75 Å². The summed E-state index contributed by atoms with van der Waals surface area (Å²) >= 11 is 5.98. The standard InChI is InChI=1S/C18H25ClN2O3/c1-14-13-16(6-7-17(14)19)24-12-3-5-18(23)21-9-4-8-20(10-11-21)15(2)22/h6-7,13H,3-5,8-12H2,1-2H3. The Morgan fingerprint density at radius 2 is 1.88 bits per heavy atom. The summed E-state index contributed by atoms with van der Waals surface area (Å²) in [6.45, 7) is 6.71. The molecular formula is C18H25ClN2O3. The Hall–Kier alpha value is -1.75. The summed E-state index contributed by atoms with van der Waals surface area (Å²) in [4.78, 5) is 27.4. The lowest BCUT2D eigenvalue weighted by molar-refractivity contribution is -0.132. The fourth-order valence-electron chi connectivity index (χ4n) is 2.76. The molecule has 0 radical (unpaired) electrons. The number of rotatable bonds is 5. The van der Waals surface area contributed by atoms with Gasteiger partial charge in [-0.3, -0.25) is 9.59 Å². The van der Waals surface area contributed by atoms with Gasteiger partial charge in [0.1, 0.15) is 5.75 Å². The van der Waals surface area contributed by atoms with Gasteiger partial charge in [0.05, 0.1) is 6.61 Å². The minimum absolute atomic E-state index is 0.0796. The van der Waals surface area contributed by atoms with Crippen molar-refractivity contribution in [2.75, 3.05) is 32.8 Å². The average molecular weight is 353 g/mol. The molecule has 0 spiro atoms. The smallest absolute Gasteiger partial charge is 0.222 e. The molecule has 6 heteroatoms. The molecule has 1 aromatic carbocycles. The molecular weight excluding hydrogens is 328 g/mol.